The molecule has 0 aromatic heterocycles. The number of amides is 4. The van der Waals surface area contributed by atoms with E-state index in [9.17, 15) is 24.3 Å². The zero-order valence-corrected chi connectivity index (χ0v) is 23.7. The first kappa shape index (κ1) is 36.7. The van der Waals surface area contributed by atoms with Gasteiger partial charge in [-0.2, -0.15) is 0 Å². The molecule has 0 aliphatic carbocycles. The van der Waals surface area contributed by atoms with E-state index in [0.717, 1.165) is 19.3 Å². The number of ether oxygens (including phenoxy) is 1. The summed E-state index contributed by atoms with van der Waals surface area (Å²) in [6.45, 7) is 2.07. The molecule has 0 rings (SSSR count). The van der Waals surface area contributed by atoms with E-state index in [2.05, 4.69) is 21.3 Å². The van der Waals surface area contributed by atoms with Gasteiger partial charge in [0.05, 0.1) is 13.2 Å². The summed E-state index contributed by atoms with van der Waals surface area (Å²) in [4.78, 5) is 50.4. The zero-order chi connectivity index (χ0) is 29.3. The molecule has 2 unspecified atom stereocenters. The van der Waals surface area contributed by atoms with Crippen LogP contribution in [-0.4, -0.2) is 93.9 Å². The number of carbonyl (C=O) groups is 4. The first-order chi connectivity index (χ1) is 18.8. The van der Waals surface area contributed by atoms with Crippen LogP contribution in [0.2, 0.25) is 0 Å². The van der Waals surface area contributed by atoms with Crippen LogP contribution in [0.1, 0.15) is 70.6 Å². The highest BCUT2D eigenvalue weighted by atomic mass is 16.5. The third-order valence-corrected chi connectivity index (χ3v) is 6.23. The van der Waals surface area contributed by atoms with Crippen molar-refractivity contribution in [2.45, 2.75) is 82.7 Å². The van der Waals surface area contributed by atoms with Crippen LogP contribution in [0, 0.1) is 5.92 Å². The van der Waals surface area contributed by atoms with E-state index in [1.165, 1.54) is 0 Å². The van der Waals surface area contributed by atoms with Gasteiger partial charge in [0.2, 0.25) is 23.6 Å². The normalized spacial score (nSPS) is 13.3. The van der Waals surface area contributed by atoms with Crippen molar-refractivity contribution in [2.24, 2.45) is 23.1 Å². The molecule has 228 valence electrons. The maximum Gasteiger partial charge on any atom is 0.243 e. The predicted molar refractivity (Wildman–Crippen MR) is 150 cm³/mol. The van der Waals surface area contributed by atoms with Crippen molar-refractivity contribution in [3.05, 3.63) is 0 Å². The number of methoxy groups -OCH3 is 1. The monoisotopic (exact) mass is 559 g/mol. The van der Waals surface area contributed by atoms with E-state index in [-0.39, 0.29) is 37.3 Å². The number of unbranched alkanes of at least 4 members (excludes halogenated alkanes) is 3. The molecule has 0 aromatic carbocycles. The van der Waals surface area contributed by atoms with Crippen molar-refractivity contribution in [2.75, 3.05) is 53.0 Å². The lowest BCUT2D eigenvalue weighted by molar-refractivity contribution is -0.133. The number of hydrogen-bond acceptors (Lipinski definition) is 9. The minimum absolute atomic E-state index is 0.0598. The van der Waals surface area contributed by atoms with Gasteiger partial charge in [0.15, 0.2) is 0 Å². The van der Waals surface area contributed by atoms with Crippen LogP contribution in [0.15, 0.2) is 0 Å². The van der Waals surface area contributed by atoms with Crippen LogP contribution < -0.4 is 38.5 Å². The molecular formula is C26H53N7O6. The summed E-state index contributed by atoms with van der Waals surface area (Å²) < 4.78 is 5.05. The number of hydrogen-bond donors (Lipinski definition) is 8. The maximum atomic E-state index is 13.1. The second-order valence-corrected chi connectivity index (χ2v) is 9.71. The van der Waals surface area contributed by atoms with Gasteiger partial charge in [0.1, 0.15) is 12.1 Å². The average molecular weight is 560 g/mol. The van der Waals surface area contributed by atoms with Gasteiger partial charge in [-0.05, 0) is 77.4 Å². The Morgan fingerprint density at radius 1 is 0.718 bits per heavy atom. The SMILES string of the molecule is COCC(CO)CCCCNC(=O)CNC(=O)[C@H](CCCCN)NC(=O)C(CCCCN)NC(=O)CCCN. The van der Waals surface area contributed by atoms with Crippen LogP contribution in [0.5, 0.6) is 0 Å². The van der Waals surface area contributed by atoms with Crippen molar-refractivity contribution < 1.29 is 29.0 Å². The molecule has 13 heteroatoms. The fraction of sp³-hybridized carbons (Fsp3) is 0.846. The molecule has 4 amide bonds. The van der Waals surface area contributed by atoms with Crippen molar-refractivity contribution in [3.8, 4) is 0 Å². The largest absolute Gasteiger partial charge is 0.396 e. The number of nitrogens with two attached hydrogens (primary N) is 3. The molecule has 3 atom stereocenters. The molecule has 0 spiro atoms. The molecule has 0 aliphatic rings. The molecule has 11 N–H and O–H groups in total. The second kappa shape index (κ2) is 24.7. The van der Waals surface area contributed by atoms with Crippen molar-refractivity contribution >= 4 is 23.6 Å². The summed E-state index contributed by atoms with van der Waals surface area (Å²) >= 11 is 0. The summed E-state index contributed by atoms with van der Waals surface area (Å²) in [5.41, 5.74) is 16.6. The molecule has 0 fully saturated rings. The van der Waals surface area contributed by atoms with Crippen molar-refractivity contribution in [1.82, 2.24) is 21.3 Å². The Morgan fingerprint density at radius 2 is 1.31 bits per heavy atom. The molecule has 0 aliphatic heterocycles. The van der Waals surface area contributed by atoms with Crippen molar-refractivity contribution in [3.63, 3.8) is 0 Å². The number of rotatable bonds is 25. The Labute approximate surface area is 233 Å². The highest BCUT2D eigenvalue weighted by Crippen LogP contribution is 2.08. The van der Waals surface area contributed by atoms with Gasteiger partial charge < -0.3 is 48.3 Å². The quantitative estimate of drug-likeness (QED) is 0.0615. The Balaban J connectivity index is 4.86. The Bertz CT molecular complexity index is 683. The third-order valence-electron chi connectivity index (χ3n) is 6.23. The number of aliphatic hydroxyl groups excluding tert-OH is 1. The lowest BCUT2D eigenvalue weighted by atomic mass is 10.0. The fourth-order valence-corrected chi connectivity index (χ4v) is 3.93. The zero-order valence-electron chi connectivity index (χ0n) is 23.7. The van der Waals surface area contributed by atoms with Crippen LogP contribution >= 0.6 is 0 Å². The van der Waals surface area contributed by atoms with E-state index in [1.807, 2.05) is 0 Å². The van der Waals surface area contributed by atoms with Gasteiger partial charge in [0, 0.05) is 32.6 Å². The first-order valence-corrected chi connectivity index (χ1v) is 14.2. The lowest BCUT2D eigenvalue weighted by Gasteiger charge is -2.23. The van der Waals surface area contributed by atoms with E-state index in [0.29, 0.717) is 77.7 Å². The van der Waals surface area contributed by atoms with E-state index >= 15 is 0 Å². The van der Waals surface area contributed by atoms with Gasteiger partial charge in [-0.3, -0.25) is 19.2 Å². The summed E-state index contributed by atoms with van der Waals surface area (Å²) in [5, 5.41) is 20.1. The number of nitrogens with one attached hydrogen (secondary N) is 4. The fourth-order valence-electron chi connectivity index (χ4n) is 3.93. The van der Waals surface area contributed by atoms with E-state index in [4.69, 9.17) is 21.9 Å². The topological polar surface area (TPSA) is 224 Å². The van der Waals surface area contributed by atoms with Crippen molar-refractivity contribution in [1.29, 1.82) is 0 Å². The molecule has 0 radical (unpaired) electrons. The minimum Gasteiger partial charge on any atom is -0.396 e. The Hall–Kier alpha value is -2.32. The van der Waals surface area contributed by atoms with Crippen LogP contribution in [0.3, 0.4) is 0 Å². The molecule has 0 aromatic rings. The van der Waals surface area contributed by atoms with Gasteiger partial charge in [-0.15, -0.1) is 0 Å². The number of carbonyl (C=O) groups excluding carboxylic acids is 4. The summed E-state index contributed by atoms with van der Waals surface area (Å²) in [6.07, 6.45) is 6.44. The van der Waals surface area contributed by atoms with Crippen LogP contribution in [0.25, 0.3) is 0 Å². The smallest absolute Gasteiger partial charge is 0.243 e. The Kier molecular flexibility index (Phi) is 23.2. The first-order valence-electron chi connectivity index (χ1n) is 14.2. The summed E-state index contributed by atoms with van der Waals surface area (Å²) in [6, 6.07) is -1.67. The van der Waals surface area contributed by atoms with Gasteiger partial charge in [-0.25, -0.2) is 0 Å². The average Bonchev–Trinajstić information content (AvgIpc) is 2.92. The molecule has 0 heterocycles. The minimum atomic E-state index is -0.869. The van der Waals surface area contributed by atoms with Crippen LogP contribution in [0.4, 0.5) is 0 Å². The van der Waals surface area contributed by atoms with E-state index < -0.39 is 23.9 Å². The van der Waals surface area contributed by atoms with E-state index in [1.54, 1.807) is 7.11 Å². The summed E-state index contributed by atoms with van der Waals surface area (Å²) in [5.74, 6) is -1.47. The molecule has 0 saturated carbocycles. The Morgan fingerprint density at radius 3 is 1.87 bits per heavy atom. The predicted octanol–water partition coefficient (Wildman–Crippen LogP) is -1.39. The van der Waals surface area contributed by atoms with Crippen LogP contribution in [-0.2, 0) is 23.9 Å². The third kappa shape index (κ3) is 19.4. The molecule has 39 heavy (non-hydrogen) atoms. The standard InChI is InChI=1S/C26H53N7O6/c1-39-19-20(18-34)9-4-7-16-30-24(36)17-31-25(37)21(10-2-5-13-27)33-26(38)22(11-3-6-14-28)32-23(35)12-8-15-29/h20-22,34H,2-19,27-29H2,1H3,(H,30,36)(H,31,37)(H,32,35)(H,33,38)/t20?,21-,22?/m0/s1. The molecule has 0 bridgehead atoms. The molecule has 13 nitrogen and oxygen atoms in total. The van der Waals surface area contributed by atoms with Gasteiger partial charge in [-0.1, -0.05) is 6.42 Å². The molecular weight excluding hydrogens is 506 g/mol. The summed E-state index contributed by atoms with van der Waals surface area (Å²) in [7, 11) is 1.59. The molecule has 0 saturated heterocycles. The highest BCUT2D eigenvalue weighted by molar-refractivity contribution is 5.93. The van der Waals surface area contributed by atoms with Gasteiger partial charge >= 0.3 is 0 Å². The highest BCUT2D eigenvalue weighted by Gasteiger charge is 2.26. The second-order valence-electron chi connectivity index (χ2n) is 9.71. The van der Waals surface area contributed by atoms with Gasteiger partial charge in [0.25, 0.3) is 0 Å². The number of aliphatic hydroxyl groups is 1. The maximum absolute atomic E-state index is 13.1. The lowest BCUT2D eigenvalue weighted by Crippen LogP contribution is -2.54.